The van der Waals surface area contributed by atoms with Crippen LogP contribution in [0.15, 0.2) is 16.6 Å². The van der Waals surface area contributed by atoms with Crippen LogP contribution in [0.4, 0.5) is 0 Å². The Morgan fingerprint density at radius 1 is 1.62 bits per heavy atom. The van der Waals surface area contributed by atoms with Gasteiger partial charge in [-0.15, -0.1) is 0 Å². The molecular formula is C8H5BrClIO2. The van der Waals surface area contributed by atoms with E-state index in [1.54, 1.807) is 12.1 Å². The van der Waals surface area contributed by atoms with Crippen LogP contribution in [0.3, 0.4) is 0 Å². The van der Waals surface area contributed by atoms with Crippen molar-refractivity contribution in [2.75, 3.05) is 7.11 Å². The van der Waals surface area contributed by atoms with Crippen LogP contribution in [0.2, 0.25) is 5.02 Å². The molecule has 0 atom stereocenters. The van der Waals surface area contributed by atoms with Gasteiger partial charge >= 0.3 is 5.97 Å². The van der Waals surface area contributed by atoms with Crippen LogP contribution in [0.1, 0.15) is 10.4 Å². The van der Waals surface area contributed by atoms with Crippen molar-refractivity contribution in [3.8, 4) is 0 Å². The topological polar surface area (TPSA) is 26.3 Å². The van der Waals surface area contributed by atoms with Crippen LogP contribution in [0.5, 0.6) is 0 Å². The summed E-state index contributed by atoms with van der Waals surface area (Å²) in [5.74, 6) is -0.359. The maximum absolute atomic E-state index is 11.2. The molecule has 0 N–H and O–H groups in total. The Bertz CT molecular complexity index is 354. The van der Waals surface area contributed by atoms with E-state index in [0.29, 0.717) is 15.1 Å². The van der Waals surface area contributed by atoms with E-state index < -0.39 is 0 Å². The standard InChI is InChI=1S/C8H5BrClIO2/c1-13-8(12)4-2-5(9)6(10)3-7(4)11/h2-3H,1H3. The van der Waals surface area contributed by atoms with Gasteiger partial charge in [-0.25, -0.2) is 4.79 Å². The van der Waals surface area contributed by atoms with Crippen molar-refractivity contribution in [3.05, 3.63) is 30.8 Å². The minimum absolute atomic E-state index is 0.359. The van der Waals surface area contributed by atoms with Crippen molar-refractivity contribution in [1.29, 1.82) is 0 Å². The van der Waals surface area contributed by atoms with Crippen molar-refractivity contribution < 1.29 is 9.53 Å². The van der Waals surface area contributed by atoms with Gasteiger partial charge in [-0.05, 0) is 50.7 Å². The van der Waals surface area contributed by atoms with Gasteiger partial charge in [0, 0.05) is 8.04 Å². The third kappa shape index (κ3) is 2.57. The van der Waals surface area contributed by atoms with Crippen LogP contribution in [0, 0.1) is 3.57 Å². The van der Waals surface area contributed by atoms with E-state index in [-0.39, 0.29) is 5.97 Å². The molecule has 0 bridgehead atoms. The summed E-state index contributed by atoms with van der Waals surface area (Å²) in [6.45, 7) is 0. The van der Waals surface area contributed by atoms with Crippen LogP contribution in [0.25, 0.3) is 0 Å². The number of esters is 1. The Morgan fingerprint density at radius 2 is 2.23 bits per heavy atom. The largest absolute Gasteiger partial charge is 0.465 e. The van der Waals surface area contributed by atoms with E-state index in [1.807, 2.05) is 22.6 Å². The summed E-state index contributed by atoms with van der Waals surface area (Å²) in [7, 11) is 1.35. The van der Waals surface area contributed by atoms with Gasteiger partial charge in [0.05, 0.1) is 17.7 Å². The molecule has 0 unspecified atom stereocenters. The van der Waals surface area contributed by atoms with Gasteiger partial charge in [0.1, 0.15) is 0 Å². The predicted octanol–water partition coefficient (Wildman–Crippen LogP) is 3.49. The van der Waals surface area contributed by atoms with Crippen LogP contribution < -0.4 is 0 Å². The van der Waals surface area contributed by atoms with E-state index in [9.17, 15) is 4.79 Å². The molecule has 2 nitrogen and oxygen atoms in total. The highest BCUT2D eigenvalue weighted by molar-refractivity contribution is 14.1. The molecule has 5 heteroatoms. The van der Waals surface area contributed by atoms with Crippen molar-refractivity contribution in [1.82, 2.24) is 0 Å². The molecule has 0 saturated heterocycles. The highest BCUT2D eigenvalue weighted by atomic mass is 127. The zero-order valence-electron chi connectivity index (χ0n) is 6.61. The Kier molecular flexibility index (Phi) is 4.00. The molecule has 0 fully saturated rings. The zero-order valence-corrected chi connectivity index (χ0v) is 11.1. The average molecular weight is 375 g/mol. The molecule has 1 rings (SSSR count). The number of hydrogen-bond acceptors (Lipinski definition) is 2. The molecule has 0 aromatic heterocycles. The molecule has 0 aliphatic carbocycles. The van der Waals surface area contributed by atoms with Gasteiger partial charge in [-0.1, -0.05) is 11.6 Å². The van der Waals surface area contributed by atoms with E-state index in [2.05, 4.69) is 20.7 Å². The average Bonchev–Trinajstić information content (AvgIpc) is 2.10. The SMILES string of the molecule is COC(=O)c1cc(Br)c(Cl)cc1I. The number of hydrogen-bond donors (Lipinski definition) is 0. The Morgan fingerprint density at radius 3 is 2.77 bits per heavy atom. The minimum Gasteiger partial charge on any atom is -0.465 e. The molecule has 0 heterocycles. The van der Waals surface area contributed by atoms with Gasteiger partial charge in [-0.3, -0.25) is 0 Å². The Balaban J connectivity index is 3.23. The molecule has 0 saturated carbocycles. The third-order valence-corrected chi connectivity index (χ3v) is 3.50. The van der Waals surface area contributed by atoms with E-state index in [1.165, 1.54) is 7.11 Å². The summed E-state index contributed by atoms with van der Waals surface area (Å²) in [6.07, 6.45) is 0. The predicted molar refractivity (Wildman–Crippen MR) is 63.2 cm³/mol. The Hall–Kier alpha value is 0.190. The van der Waals surface area contributed by atoms with E-state index in [0.717, 1.165) is 3.57 Å². The van der Waals surface area contributed by atoms with Crippen LogP contribution in [-0.2, 0) is 4.74 Å². The summed E-state index contributed by atoms with van der Waals surface area (Å²) in [5.41, 5.74) is 0.513. The lowest BCUT2D eigenvalue weighted by molar-refractivity contribution is 0.0599. The maximum atomic E-state index is 11.2. The van der Waals surface area contributed by atoms with Crippen molar-refractivity contribution >= 4 is 56.1 Å². The number of ether oxygens (including phenoxy) is 1. The fraction of sp³-hybridized carbons (Fsp3) is 0.125. The van der Waals surface area contributed by atoms with Crippen molar-refractivity contribution in [2.24, 2.45) is 0 Å². The lowest BCUT2D eigenvalue weighted by Gasteiger charge is -2.04. The number of rotatable bonds is 1. The second-order valence-electron chi connectivity index (χ2n) is 2.24. The van der Waals surface area contributed by atoms with Gasteiger partial charge in [0.15, 0.2) is 0 Å². The summed E-state index contributed by atoms with van der Waals surface area (Å²) >= 11 is 11.1. The molecule has 70 valence electrons. The second kappa shape index (κ2) is 4.61. The first kappa shape index (κ1) is 11.3. The fourth-order valence-electron chi connectivity index (χ4n) is 0.789. The number of carbonyl (C=O) groups excluding carboxylic acids is 1. The van der Waals surface area contributed by atoms with Crippen LogP contribution in [-0.4, -0.2) is 13.1 Å². The maximum Gasteiger partial charge on any atom is 0.338 e. The molecule has 0 aliphatic rings. The molecule has 0 amide bonds. The lowest BCUT2D eigenvalue weighted by Crippen LogP contribution is -2.03. The molecule has 1 aromatic rings. The van der Waals surface area contributed by atoms with Crippen LogP contribution >= 0.6 is 50.1 Å². The zero-order chi connectivity index (χ0) is 10.0. The lowest BCUT2D eigenvalue weighted by atomic mass is 10.2. The first-order valence-electron chi connectivity index (χ1n) is 3.29. The first-order valence-corrected chi connectivity index (χ1v) is 5.54. The molecule has 0 radical (unpaired) electrons. The van der Waals surface area contributed by atoms with E-state index >= 15 is 0 Å². The van der Waals surface area contributed by atoms with Crippen molar-refractivity contribution in [3.63, 3.8) is 0 Å². The normalized spacial score (nSPS) is 9.85. The first-order chi connectivity index (χ1) is 6.06. The summed E-state index contributed by atoms with van der Waals surface area (Å²) in [6, 6.07) is 3.36. The van der Waals surface area contributed by atoms with Gasteiger partial charge in [-0.2, -0.15) is 0 Å². The highest BCUT2D eigenvalue weighted by Gasteiger charge is 2.12. The minimum atomic E-state index is -0.359. The van der Waals surface area contributed by atoms with Gasteiger partial charge < -0.3 is 4.74 Å². The quantitative estimate of drug-likeness (QED) is 0.427. The second-order valence-corrected chi connectivity index (χ2v) is 4.66. The number of benzene rings is 1. The Labute approximate surface area is 103 Å². The number of methoxy groups -OCH3 is 1. The van der Waals surface area contributed by atoms with Gasteiger partial charge in [0.2, 0.25) is 0 Å². The van der Waals surface area contributed by atoms with Gasteiger partial charge in [0.25, 0.3) is 0 Å². The summed E-state index contributed by atoms with van der Waals surface area (Å²) in [4.78, 5) is 11.2. The molecule has 1 aromatic carbocycles. The van der Waals surface area contributed by atoms with Crippen molar-refractivity contribution in [2.45, 2.75) is 0 Å². The number of halogens is 3. The molecule has 0 aliphatic heterocycles. The van der Waals surface area contributed by atoms with E-state index in [4.69, 9.17) is 11.6 Å². The molecular weight excluding hydrogens is 370 g/mol. The summed E-state index contributed by atoms with van der Waals surface area (Å²) < 4.78 is 6.07. The molecule has 13 heavy (non-hydrogen) atoms. The monoisotopic (exact) mass is 374 g/mol. The number of carbonyl (C=O) groups is 1. The highest BCUT2D eigenvalue weighted by Crippen LogP contribution is 2.27. The fourth-order valence-corrected chi connectivity index (χ4v) is 2.17. The smallest absolute Gasteiger partial charge is 0.338 e. The third-order valence-electron chi connectivity index (χ3n) is 1.42. The molecule has 0 spiro atoms. The summed E-state index contributed by atoms with van der Waals surface area (Å²) in [5, 5.41) is 0.581.